The number of nitrogens with zero attached hydrogens (tertiary/aromatic N) is 1. The highest BCUT2D eigenvalue weighted by Gasteiger charge is 2.42. The Bertz CT molecular complexity index is 958. The third-order valence-corrected chi connectivity index (χ3v) is 7.44. The van der Waals surface area contributed by atoms with Crippen molar-refractivity contribution in [2.45, 2.75) is 93.5 Å². The fourth-order valence-electron chi connectivity index (χ4n) is 4.05. The second-order valence-electron chi connectivity index (χ2n) is 10.0. The van der Waals surface area contributed by atoms with Crippen molar-refractivity contribution in [2.75, 3.05) is 0 Å². The maximum absolute atomic E-state index is 13.1. The average Bonchev–Trinajstić information content (AvgIpc) is 3.18. The maximum Gasteiger partial charge on any atom is 0.309 e. The maximum atomic E-state index is 13.1. The van der Waals surface area contributed by atoms with Gasteiger partial charge in [-0.2, -0.15) is 0 Å². The Morgan fingerprint density at radius 1 is 1.23 bits per heavy atom. The molecule has 2 heterocycles. The lowest BCUT2D eigenvalue weighted by molar-refractivity contribution is -0.154. The van der Waals surface area contributed by atoms with Crippen molar-refractivity contribution in [3.63, 3.8) is 0 Å². The number of carbonyl (C=O) groups is 2. The summed E-state index contributed by atoms with van der Waals surface area (Å²) in [7, 11) is 0. The van der Waals surface area contributed by atoms with Gasteiger partial charge in [-0.15, -0.1) is 11.3 Å². The van der Waals surface area contributed by atoms with Gasteiger partial charge in [0, 0.05) is 23.6 Å². The van der Waals surface area contributed by atoms with Gasteiger partial charge in [-0.1, -0.05) is 58.9 Å². The molecule has 0 radical (unpaired) electrons. The fraction of sp³-hybridized carbons (Fsp3) is 0.607. The molecule has 0 fully saturated rings. The lowest BCUT2D eigenvalue weighted by atomic mass is 9.73. The smallest absolute Gasteiger partial charge is 0.309 e. The van der Waals surface area contributed by atoms with Crippen molar-refractivity contribution in [1.82, 2.24) is 4.98 Å². The molecule has 0 amide bonds. The Morgan fingerprint density at radius 3 is 2.49 bits per heavy atom. The number of aliphatic hydroxyl groups excluding tert-OH is 2. The highest BCUT2D eigenvalue weighted by molar-refractivity contribution is 7.09. The van der Waals surface area contributed by atoms with Gasteiger partial charge >= 0.3 is 5.97 Å². The van der Waals surface area contributed by atoms with Crippen LogP contribution in [0.5, 0.6) is 0 Å². The molecule has 0 spiro atoms. The van der Waals surface area contributed by atoms with E-state index in [-0.39, 0.29) is 25.5 Å². The quantitative estimate of drug-likeness (QED) is 0.397. The summed E-state index contributed by atoms with van der Waals surface area (Å²) >= 11 is 1.56. The minimum Gasteiger partial charge on any atom is -0.457 e. The number of ketones is 1. The van der Waals surface area contributed by atoms with E-state index in [1.807, 2.05) is 57.4 Å². The van der Waals surface area contributed by atoms with Gasteiger partial charge in [-0.05, 0) is 38.8 Å². The van der Waals surface area contributed by atoms with Crippen molar-refractivity contribution < 1.29 is 24.5 Å². The summed E-state index contributed by atoms with van der Waals surface area (Å²) in [5, 5.41) is 24.4. The van der Waals surface area contributed by atoms with Crippen molar-refractivity contribution in [3.8, 4) is 0 Å². The number of rotatable bonds is 2. The van der Waals surface area contributed by atoms with Crippen LogP contribution in [0.4, 0.5) is 0 Å². The van der Waals surface area contributed by atoms with Crippen molar-refractivity contribution in [1.29, 1.82) is 0 Å². The van der Waals surface area contributed by atoms with Crippen LogP contribution in [-0.2, 0) is 14.3 Å². The zero-order chi connectivity index (χ0) is 25.6. The number of hydrogen-bond acceptors (Lipinski definition) is 7. The summed E-state index contributed by atoms with van der Waals surface area (Å²) in [5.41, 5.74) is 1.57. The summed E-state index contributed by atoms with van der Waals surface area (Å²) in [4.78, 5) is 30.4. The Balaban J connectivity index is 0.00000612. The van der Waals surface area contributed by atoms with Crippen molar-refractivity contribution in [3.05, 3.63) is 45.5 Å². The Hall–Kier alpha value is -2.09. The number of Topliss-reactive ketones (excluding diaryl/α,β-unsaturated/α-hetero) is 1. The molecule has 0 aliphatic carbocycles. The highest BCUT2D eigenvalue weighted by atomic mass is 32.1. The Morgan fingerprint density at radius 2 is 1.89 bits per heavy atom. The first-order chi connectivity index (χ1) is 15.8. The van der Waals surface area contributed by atoms with Crippen LogP contribution in [0.3, 0.4) is 0 Å². The number of hydrogen-bond donors (Lipinski definition) is 2. The molecule has 0 bridgehead atoms. The van der Waals surface area contributed by atoms with Gasteiger partial charge in [-0.3, -0.25) is 9.59 Å². The minimum atomic E-state index is -1.23. The van der Waals surface area contributed by atoms with E-state index in [4.69, 9.17) is 4.74 Å². The number of carbonyl (C=O) groups excluding carboxylic acids is 2. The SMILES string of the molecule is C.C/C1=C/C[C@@H](/C(C)=C/c2csc(C)n2)OC(=O)C[C@H](O)C(C)(C)C(=O)[C@H](C)[C@@H](O)[C@@H](C)/C=C/C1. The standard InChI is InChI=1S/C27H39NO5S.CH4/c1-16-9-8-10-17(2)25(31)19(4)26(32)27(6,7)23(29)14-24(30)33-22(12-11-16)18(3)13-21-15-34-20(5)28-21;/h8,10-11,13,15,17,19,22-23,25,29,31H,9,12,14H2,1-7H3;1H4/b10-8+,16-11-,18-13+;/t17-,19+,22-,23-,25-;/m0./s1. The summed E-state index contributed by atoms with van der Waals surface area (Å²) in [6, 6.07) is 0. The third-order valence-electron chi connectivity index (χ3n) is 6.65. The number of cyclic esters (lactones) is 1. The Labute approximate surface area is 214 Å². The van der Waals surface area contributed by atoms with E-state index in [1.165, 1.54) is 0 Å². The normalized spacial score (nSPS) is 31.6. The van der Waals surface area contributed by atoms with Crippen LogP contribution in [0.25, 0.3) is 6.08 Å². The van der Waals surface area contributed by atoms with Crippen LogP contribution >= 0.6 is 11.3 Å². The number of ether oxygens (including phenoxy) is 1. The summed E-state index contributed by atoms with van der Waals surface area (Å²) in [6.07, 6.45) is 6.13. The zero-order valence-electron chi connectivity index (χ0n) is 21.4. The first kappa shape index (κ1) is 30.9. The monoisotopic (exact) mass is 505 g/mol. The molecule has 0 aromatic carbocycles. The summed E-state index contributed by atoms with van der Waals surface area (Å²) < 4.78 is 5.79. The minimum absolute atomic E-state index is 0. The first-order valence-corrected chi connectivity index (χ1v) is 12.7. The van der Waals surface area contributed by atoms with Crippen LogP contribution in [-0.4, -0.2) is 45.3 Å². The number of aromatic nitrogens is 1. The molecule has 1 aromatic heterocycles. The first-order valence-electron chi connectivity index (χ1n) is 11.9. The lowest BCUT2D eigenvalue weighted by Crippen LogP contribution is -2.45. The molecular formula is C28H43NO5S. The Kier molecular flexibility index (Phi) is 11.7. The lowest BCUT2D eigenvalue weighted by Gasteiger charge is -2.34. The zero-order valence-corrected chi connectivity index (χ0v) is 22.2. The van der Waals surface area contributed by atoms with E-state index in [0.717, 1.165) is 21.8 Å². The fourth-order valence-corrected chi connectivity index (χ4v) is 4.62. The predicted octanol–water partition coefficient (Wildman–Crippen LogP) is 5.68. The molecule has 5 atom stereocenters. The van der Waals surface area contributed by atoms with Crippen LogP contribution < -0.4 is 0 Å². The van der Waals surface area contributed by atoms with E-state index >= 15 is 0 Å². The van der Waals surface area contributed by atoms with Crippen LogP contribution in [0.2, 0.25) is 0 Å². The van der Waals surface area contributed by atoms with Gasteiger partial charge in [0.05, 0.1) is 34.7 Å². The molecule has 6 nitrogen and oxygen atoms in total. The molecule has 2 N–H and O–H groups in total. The van der Waals surface area contributed by atoms with Gasteiger partial charge in [0.1, 0.15) is 11.9 Å². The van der Waals surface area contributed by atoms with E-state index in [9.17, 15) is 19.8 Å². The van der Waals surface area contributed by atoms with Gasteiger partial charge in [0.25, 0.3) is 0 Å². The summed E-state index contributed by atoms with van der Waals surface area (Å²) in [5.74, 6) is -1.77. The summed E-state index contributed by atoms with van der Waals surface area (Å²) in [6.45, 7) is 12.6. The topological polar surface area (TPSA) is 96.7 Å². The number of aryl methyl sites for hydroxylation is 1. The average molecular weight is 506 g/mol. The second-order valence-corrected chi connectivity index (χ2v) is 11.1. The number of thiazole rings is 1. The van der Waals surface area contributed by atoms with E-state index in [1.54, 1.807) is 32.1 Å². The largest absolute Gasteiger partial charge is 0.457 e. The third kappa shape index (κ3) is 8.51. The molecule has 0 saturated heterocycles. The molecule has 7 heteroatoms. The van der Waals surface area contributed by atoms with Gasteiger partial charge in [-0.25, -0.2) is 4.98 Å². The predicted molar refractivity (Wildman–Crippen MR) is 143 cm³/mol. The molecule has 1 aromatic rings. The molecule has 35 heavy (non-hydrogen) atoms. The molecule has 1 aliphatic heterocycles. The van der Waals surface area contributed by atoms with E-state index in [0.29, 0.717) is 12.8 Å². The van der Waals surface area contributed by atoms with Crippen molar-refractivity contribution >= 4 is 29.2 Å². The molecule has 1 aliphatic rings. The molecular weight excluding hydrogens is 462 g/mol. The molecule has 0 unspecified atom stereocenters. The van der Waals surface area contributed by atoms with Crippen LogP contribution in [0, 0.1) is 24.2 Å². The van der Waals surface area contributed by atoms with Gasteiger partial charge in [0.15, 0.2) is 0 Å². The van der Waals surface area contributed by atoms with Gasteiger partial charge in [0.2, 0.25) is 0 Å². The van der Waals surface area contributed by atoms with Crippen LogP contribution in [0.15, 0.2) is 34.8 Å². The van der Waals surface area contributed by atoms with Crippen molar-refractivity contribution in [2.24, 2.45) is 17.3 Å². The van der Waals surface area contributed by atoms with E-state index < -0.39 is 35.6 Å². The molecule has 196 valence electrons. The van der Waals surface area contributed by atoms with E-state index in [2.05, 4.69) is 4.98 Å². The highest BCUT2D eigenvalue weighted by Crippen LogP contribution is 2.31. The van der Waals surface area contributed by atoms with Gasteiger partial charge < -0.3 is 14.9 Å². The number of allylic oxidation sites excluding steroid dienone is 2. The molecule has 0 saturated carbocycles. The second kappa shape index (κ2) is 13.3. The number of aliphatic hydroxyl groups is 2. The molecule has 2 rings (SSSR count). The van der Waals surface area contributed by atoms with Crippen LogP contribution in [0.1, 0.15) is 78.9 Å². The number of esters is 1.